The van der Waals surface area contributed by atoms with Crippen LogP contribution in [0.4, 0.5) is 4.39 Å². The van der Waals surface area contributed by atoms with E-state index in [0.717, 1.165) is 11.6 Å². The van der Waals surface area contributed by atoms with Crippen molar-refractivity contribution >= 4 is 24.2 Å². The molecular weight excluding hydrogens is 269 g/mol. The summed E-state index contributed by atoms with van der Waals surface area (Å²) in [7, 11) is -1.74. The molecule has 2 N–H and O–H groups in total. The van der Waals surface area contributed by atoms with Crippen LogP contribution in [0.5, 0.6) is 5.75 Å². The topological polar surface area (TPSA) is 49.7 Å². The molecule has 2 rings (SSSR count). The summed E-state index contributed by atoms with van der Waals surface area (Å²) in [5.41, 5.74) is 0.800. The second-order valence-electron chi connectivity index (χ2n) is 3.97. The molecule has 0 radical (unpaired) electrons. The van der Waals surface area contributed by atoms with Gasteiger partial charge in [0, 0.05) is 16.7 Å². The minimum Gasteiger partial charge on any atom is -0.489 e. The van der Waals surface area contributed by atoms with Gasteiger partial charge >= 0.3 is 7.12 Å². The van der Waals surface area contributed by atoms with Crippen molar-refractivity contribution < 1.29 is 19.2 Å². The molecule has 19 heavy (non-hydrogen) atoms. The van der Waals surface area contributed by atoms with E-state index in [1.165, 1.54) is 12.1 Å². The number of hydrogen-bond acceptors (Lipinski definition) is 3. The van der Waals surface area contributed by atoms with E-state index in [2.05, 4.69) is 0 Å². The zero-order chi connectivity index (χ0) is 13.8. The summed E-state index contributed by atoms with van der Waals surface area (Å²) < 4.78 is 18.7. The average Bonchev–Trinajstić information content (AvgIpc) is 2.37. The van der Waals surface area contributed by atoms with Crippen molar-refractivity contribution in [2.24, 2.45) is 0 Å². The van der Waals surface area contributed by atoms with Gasteiger partial charge in [0.05, 0.1) is 0 Å². The van der Waals surface area contributed by atoms with E-state index < -0.39 is 12.9 Å². The van der Waals surface area contributed by atoms with Crippen LogP contribution in [0.3, 0.4) is 0 Å². The monoisotopic (exact) mass is 280 g/mol. The predicted octanol–water partition coefficient (Wildman–Crippen LogP) is 1.74. The van der Waals surface area contributed by atoms with Gasteiger partial charge < -0.3 is 14.8 Å². The molecule has 2 aromatic carbocycles. The van der Waals surface area contributed by atoms with Crippen molar-refractivity contribution in [3.63, 3.8) is 0 Å². The van der Waals surface area contributed by atoms with Crippen LogP contribution in [-0.4, -0.2) is 17.2 Å². The van der Waals surface area contributed by atoms with Crippen LogP contribution < -0.4 is 10.2 Å². The first-order chi connectivity index (χ1) is 9.06. The number of hydrogen-bond donors (Lipinski definition) is 2. The molecule has 0 heterocycles. The molecule has 0 amide bonds. The highest BCUT2D eigenvalue weighted by molar-refractivity contribution is 6.58. The van der Waals surface area contributed by atoms with Crippen LogP contribution in [-0.2, 0) is 6.61 Å². The van der Waals surface area contributed by atoms with Crippen molar-refractivity contribution in [2.45, 2.75) is 6.61 Å². The maximum atomic E-state index is 13.3. The van der Waals surface area contributed by atoms with Gasteiger partial charge in [-0.1, -0.05) is 29.8 Å². The smallest absolute Gasteiger partial charge is 0.488 e. The van der Waals surface area contributed by atoms with Crippen LogP contribution in [0.1, 0.15) is 5.56 Å². The summed E-state index contributed by atoms with van der Waals surface area (Å²) >= 11 is 5.97. The normalized spacial score (nSPS) is 10.3. The molecule has 0 spiro atoms. The Morgan fingerprint density at radius 1 is 1.16 bits per heavy atom. The lowest BCUT2D eigenvalue weighted by Crippen LogP contribution is -2.30. The Labute approximate surface area is 115 Å². The van der Waals surface area contributed by atoms with Crippen LogP contribution >= 0.6 is 11.6 Å². The lowest BCUT2D eigenvalue weighted by atomic mass is 9.80. The van der Waals surface area contributed by atoms with Gasteiger partial charge in [-0.3, -0.25) is 0 Å². The minimum atomic E-state index is -1.74. The third kappa shape index (κ3) is 3.70. The maximum Gasteiger partial charge on any atom is 0.488 e. The molecule has 0 aliphatic heterocycles. The molecule has 3 nitrogen and oxygen atoms in total. The van der Waals surface area contributed by atoms with Gasteiger partial charge in [-0.2, -0.15) is 0 Å². The summed E-state index contributed by atoms with van der Waals surface area (Å²) in [6.45, 7) is 0.171. The molecule has 2 aromatic rings. The summed E-state index contributed by atoms with van der Waals surface area (Å²) in [5.74, 6) is -0.386. The van der Waals surface area contributed by atoms with Crippen LogP contribution in [0, 0.1) is 5.82 Å². The number of benzene rings is 2. The number of rotatable bonds is 4. The molecule has 98 valence electrons. The Morgan fingerprint density at radius 3 is 2.58 bits per heavy atom. The van der Waals surface area contributed by atoms with Crippen LogP contribution in [0.15, 0.2) is 42.5 Å². The van der Waals surface area contributed by atoms with Gasteiger partial charge in [0.15, 0.2) is 0 Å². The molecule has 0 atom stereocenters. The van der Waals surface area contributed by atoms with Gasteiger partial charge in [-0.15, -0.1) is 0 Å². The lowest BCUT2D eigenvalue weighted by molar-refractivity contribution is 0.304. The van der Waals surface area contributed by atoms with Crippen molar-refractivity contribution in [2.75, 3.05) is 0 Å². The molecule has 0 aromatic heterocycles. The highest BCUT2D eigenvalue weighted by Gasteiger charge is 2.14. The second-order valence-corrected chi connectivity index (χ2v) is 4.38. The first-order valence-corrected chi connectivity index (χ1v) is 5.97. The molecule has 0 bridgehead atoms. The maximum absolute atomic E-state index is 13.3. The molecule has 0 unspecified atom stereocenters. The van der Waals surface area contributed by atoms with Crippen LogP contribution in [0.25, 0.3) is 0 Å². The first kappa shape index (κ1) is 13.9. The van der Waals surface area contributed by atoms with E-state index in [9.17, 15) is 4.39 Å². The molecule has 0 saturated heterocycles. The fourth-order valence-corrected chi connectivity index (χ4v) is 1.78. The number of halogens is 2. The van der Waals surface area contributed by atoms with Crippen molar-refractivity contribution in [3.05, 3.63) is 58.9 Å². The third-order valence-corrected chi connectivity index (χ3v) is 2.91. The lowest BCUT2D eigenvalue weighted by Gasteiger charge is -2.09. The van der Waals surface area contributed by atoms with E-state index in [4.69, 9.17) is 26.4 Å². The molecule has 0 aliphatic rings. The fourth-order valence-electron chi connectivity index (χ4n) is 1.59. The Balaban J connectivity index is 2.14. The zero-order valence-corrected chi connectivity index (χ0v) is 10.6. The van der Waals surface area contributed by atoms with E-state index in [0.29, 0.717) is 5.02 Å². The van der Waals surface area contributed by atoms with Gasteiger partial charge in [0.1, 0.15) is 18.2 Å². The Morgan fingerprint density at radius 2 is 1.89 bits per heavy atom. The van der Waals surface area contributed by atoms with Gasteiger partial charge in [-0.25, -0.2) is 4.39 Å². The van der Waals surface area contributed by atoms with Crippen molar-refractivity contribution in [1.82, 2.24) is 0 Å². The SMILES string of the molecule is OB(O)c1cc(F)cc(OCc2ccccc2Cl)c1. The Hall–Kier alpha value is -1.56. The largest absolute Gasteiger partial charge is 0.489 e. The summed E-state index contributed by atoms with van der Waals surface area (Å²) in [4.78, 5) is 0. The Kier molecular flexibility index (Phi) is 4.42. The van der Waals surface area contributed by atoms with Crippen LogP contribution in [0.2, 0.25) is 5.02 Å². The molecule has 0 fully saturated rings. The number of ether oxygens (including phenoxy) is 1. The summed E-state index contributed by atoms with van der Waals surface area (Å²) in [5, 5.41) is 18.6. The molecule has 0 aliphatic carbocycles. The van der Waals surface area contributed by atoms with Gasteiger partial charge in [-0.05, 0) is 23.7 Å². The molecular formula is C13H11BClFO3. The van der Waals surface area contributed by atoms with Crippen molar-refractivity contribution in [1.29, 1.82) is 0 Å². The van der Waals surface area contributed by atoms with E-state index in [1.807, 2.05) is 6.07 Å². The molecule has 0 saturated carbocycles. The summed E-state index contributed by atoms with van der Waals surface area (Å²) in [6, 6.07) is 10.7. The standard InChI is InChI=1S/C13H11BClFO3/c15-13-4-2-1-3-9(13)8-19-12-6-10(14(17)18)5-11(16)7-12/h1-7,17-18H,8H2. The molecule has 6 heteroatoms. The van der Waals surface area contributed by atoms with E-state index >= 15 is 0 Å². The summed E-state index contributed by atoms with van der Waals surface area (Å²) in [6.07, 6.45) is 0. The second kappa shape index (κ2) is 6.06. The van der Waals surface area contributed by atoms with E-state index in [1.54, 1.807) is 18.2 Å². The first-order valence-electron chi connectivity index (χ1n) is 5.59. The highest BCUT2D eigenvalue weighted by atomic mass is 35.5. The van der Waals surface area contributed by atoms with E-state index in [-0.39, 0.29) is 17.8 Å². The predicted molar refractivity (Wildman–Crippen MR) is 72.0 cm³/mol. The minimum absolute atomic E-state index is 0.0363. The fraction of sp³-hybridized carbons (Fsp3) is 0.0769. The quantitative estimate of drug-likeness (QED) is 0.839. The third-order valence-electron chi connectivity index (χ3n) is 2.54. The average molecular weight is 280 g/mol. The zero-order valence-electron chi connectivity index (χ0n) is 9.88. The van der Waals surface area contributed by atoms with Crippen molar-refractivity contribution in [3.8, 4) is 5.75 Å². The Bertz CT molecular complexity index is 578. The van der Waals surface area contributed by atoms with Gasteiger partial charge in [0.2, 0.25) is 0 Å². The highest BCUT2D eigenvalue weighted by Crippen LogP contribution is 2.18. The van der Waals surface area contributed by atoms with Gasteiger partial charge in [0.25, 0.3) is 0 Å².